The number of hydrogen-bond acceptors (Lipinski definition) is 5. The lowest BCUT2D eigenvalue weighted by atomic mass is 9.99. The van der Waals surface area contributed by atoms with Crippen molar-refractivity contribution in [1.82, 2.24) is 0 Å². The molecule has 0 amide bonds. The minimum atomic E-state index is -0.201. The number of methoxy groups -OCH3 is 1. The van der Waals surface area contributed by atoms with Crippen molar-refractivity contribution >= 4 is 28.3 Å². The van der Waals surface area contributed by atoms with Crippen LogP contribution in [0.3, 0.4) is 0 Å². The summed E-state index contributed by atoms with van der Waals surface area (Å²) >= 11 is 6.30. The van der Waals surface area contributed by atoms with Gasteiger partial charge in [0.15, 0.2) is 6.73 Å². The first kappa shape index (κ1) is 17.4. The average Bonchev–Trinajstić information content (AvgIpc) is 3.20. The van der Waals surface area contributed by atoms with Crippen LogP contribution in [0.1, 0.15) is 28.7 Å². The molecule has 0 N–H and O–H groups in total. The van der Waals surface area contributed by atoms with Gasteiger partial charge in [0.25, 0.3) is 0 Å². The fraction of sp³-hybridized carbons (Fsp3) is 0.318. The summed E-state index contributed by atoms with van der Waals surface area (Å²) < 4.78 is 17.0. The Morgan fingerprint density at radius 3 is 2.79 bits per heavy atom. The first-order valence-corrected chi connectivity index (χ1v) is 9.77. The van der Waals surface area contributed by atoms with Crippen molar-refractivity contribution in [1.29, 1.82) is 0 Å². The number of aryl methyl sites for hydroxylation is 2. The second-order valence-corrected chi connectivity index (χ2v) is 7.76. The van der Waals surface area contributed by atoms with Gasteiger partial charge in [-0.05, 0) is 56.0 Å². The summed E-state index contributed by atoms with van der Waals surface area (Å²) in [5.74, 6) is 1.46. The standard InChI is InChI=1S/C22H20ClNO4/c1-12-20-13(8-17-15-4-3-5-16(15)22(25)28-21(12)17)10-24(11-27-20)14-6-7-19(26-2)18(23)9-14/h6-9H,3-5,10-11H2,1-2H3. The molecular formula is C22H20ClNO4. The third kappa shape index (κ3) is 2.57. The monoisotopic (exact) mass is 397 g/mol. The highest BCUT2D eigenvalue weighted by Gasteiger charge is 2.26. The fourth-order valence-corrected chi connectivity index (χ4v) is 4.61. The Bertz CT molecular complexity index is 1170. The summed E-state index contributed by atoms with van der Waals surface area (Å²) in [7, 11) is 1.60. The number of nitrogens with zero attached hydrogens (tertiary/aromatic N) is 1. The molecule has 2 aromatic carbocycles. The molecule has 28 heavy (non-hydrogen) atoms. The van der Waals surface area contributed by atoms with Crippen LogP contribution in [0.5, 0.6) is 11.5 Å². The molecule has 0 unspecified atom stereocenters. The molecule has 144 valence electrons. The van der Waals surface area contributed by atoms with Gasteiger partial charge in [-0.2, -0.15) is 0 Å². The zero-order valence-corrected chi connectivity index (χ0v) is 16.6. The van der Waals surface area contributed by atoms with Crippen molar-refractivity contribution in [3.8, 4) is 11.5 Å². The SMILES string of the molecule is COc1ccc(N2COc3c(cc4c5c(c(=O)oc4c3C)CCC5)C2)cc1Cl. The van der Waals surface area contributed by atoms with Crippen LogP contribution in [-0.4, -0.2) is 13.8 Å². The number of anilines is 1. The van der Waals surface area contributed by atoms with Gasteiger partial charge in [-0.15, -0.1) is 0 Å². The van der Waals surface area contributed by atoms with Crippen LogP contribution in [0.15, 0.2) is 33.5 Å². The number of rotatable bonds is 2. The summed E-state index contributed by atoms with van der Waals surface area (Å²) in [4.78, 5) is 14.5. The molecule has 1 aliphatic heterocycles. The number of benzene rings is 2. The zero-order chi connectivity index (χ0) is 19.4. The Balaban J connectivity index is 1.60. The molecule has 6 heteroatoms. The highest BCUT2D eigenvalue weighted by atomic mass is 35.5. The molecule has 0 fully saturated rings. The van der Waals surface area contributed by atoms with Crippen molar-refractivity contribution < 1.29 is 13.9 Å². The highest BCUT2D eigenvalue weighted by Crippen LogP contribution is 2.39. The number of halogens is 1. The Kier molecular flexibility index (Phi) is 4.02. The highest BCUT2D eigenvalue weighted by molar-refractivity contribution is 6.32. The van der Waals surface area contributed by atoms with E-state index >= 15 is 0 Å². The molecule has 0 atom stereocenters. The molecule has 0 saturated carbocycles. The maximum atomic E-state index is 12.3. The van der Waals surface area contributed by atoms with Crippen molar-refractivity contribution in [3.63, 3.8) is 0 Å². The van der Waals surface area contributed by atoms with Crippen LogP contribution in [-0.2, 0) is 19.4 Å². The normalized spacial score (nSPS) is 15.3. The van der Waals surface area contributed by atoms with Crippen LogP contribution < -0.4 is 20.0 Å². The van der Waals surface area contributed by atoms with Gasteiger partial charge in [0.2, 0.25) is 0 Å². The molecule has 0 spiro atoms. The van der Waals surface area contributed by atoms with E-state index in [0.29, 0.717) is 29.6 Å². The van der Waals surface area contributed by atoms with Crippen molar-refractivity contribution in [2.75, 3.05) is 18.7 Å². The van der Waals surface area contributed by atoms with E-state index in [-0.39, 0.29) is 5.63 Å². The molecule has 5 rings (SSSR count). The van der Waals surface area contributed by atoms with E-state index in [1.54, 1.807) is 7.11 Å². The molecule has 1 aliphatic carbocycles. The minimum Gasteiger partial charge on any atom is -0.495 e. The Morgan fingerprint density at radius 2 is 2.00 bits per heavy atom. The zero-order valence-electron chi connectivity index (χ0n) is 15.8. The first-order chi connectivity index (χ1) is 13.6. The fourth-order valence-electron chi connectivity index (χ4n) is 4.36. The van der Waals surface area contributed by atoms with E-state index in [1.807, 2.05) is 25.1 Å². The lowest BCUT2D eigenvalue weighted by Gasteiger charge is -2.32. The summed E-state index contributed by atoms with van der Waals surface area (Å²) in [6, 6.07) is 7.85. The van der Waals surface area contributed by atoms with Crippen LogP contribution in [0.4, 0.5) is 5.69 Å². The van der Waals surface area contributed by atoms with Gasteiger partial charge in [-0.1, -0.05) is 11.6 Å². The lowest BCUT2D eigenvalue weighted by Crippen LogP contribution is -2.32. The maximum Gasteiger partial charge on any atom is 0.339 e. The molecule has 0 saturated heterocycles. The van der Waals surface area contributed by atoms with Crippen LogP contribution in [0, 0.1) is 6.92 Å². The molecule has 2 heterocycles. The third-order valence-corrected chi connectivity index (χ3v) is 6.04. The van der Waals surface area contributed by atoms with Gasteiger partial charge in [0, 0.05) is 34.3 Å². The predicted octanol–water partition coefficient (Wildman–Crippen LogP) is 4.61. The van der Waals surface area contributed by atoms with Gasteiger partial charge < -0.3 is 18.8 Å². The molecule has 0 bridgehead atoms. The molecular weight excluding hydrogens is 378 g/mol. The third-order valence-electron chi connectivity index (χ3n) is 5.75. The lowest BCUT2D eigenvalue weighted by molar-refractivity contribution is 0.287. The van der Waals surface area contributed by atoms with Crippen molar-refractivity contribution in [2.45, 2.75) is 32.7 Å². The molecule has 5 nitrogen and oxygen atoms in total. The van der Waals surface area contributed by atoms with E-state index in [1.165, 1.54) is 0 Å². The van der Waals surface area contributed by atoms with Gasteiger partial charge in [0.05, 0.1) is 12.1 Å². The first-order valence-electron chi connectivity index (χ1n) is 9.39. The summed E-state index contributed by atoms with van der Waals surface area (Å²) in [5.41, 5.74) is 5.39. The van der Waals surface area contributed by atoms with Crippen LogP contribution in [0.25, 0.3) is 11.0 Å². The van der Waals surface area contributed by atoms with E-state index in [2.05, 4.69) is 11.0 Å². The van der Waals surface area contributed by atoms with Crippen LogP contribution >= 0.6 is 11.6 Å². The predicted molar refractivity (Wildman–Crippen MR) is 109 cm³/mol. The molecule has 2 aliphatic rings. The Hall–Kier alpha value is -2.66. The van der Waals surface area contributed by atoms with E-state index < -0.39 is 0 Å². The van der Waals surface area contributed by atoms with Gasteiger partial charge >= 0.3 is 5.63 Å². The largest absolute Gasteiger partial charge is 0.495 e. The Labute approximate surface area is 167 Å². The average molecular weight is 398 g/mol. The molecule has 0 radical (unpaired) electrons. The van der Waals surface area contributed by atoms with Crippen molar-refractivity contribution in [2.24, 2.45) is 0 Å². The second-order valence-electron chi connectivity index (χ2n) is 7.36. The van der Waals surface area contributed by atoms with Gasteiger partial charge in [0.1, 0.15) is 17.1 Å². The minimum absolute atomic E-state index is 0.201. The summed E-state index contributed by atoms with van der Waals surface area (Å²) in [6.07, 6.45) is 2.73. The number of fused-ring (bicyclic) bond motifs is 4. The Morgan fingerprint density at radius 1 is 1.18 bits per heavy atom. The number of hydrogen-bond donors (Lipinski definition) is 0. The topological polar surface area (TPSA) is 51.9 Å². The van der Waals surface area contributed by atoms with Crippen LogP contribution in [0.2, 0.25) is 5.02 Å². The molecule has 3 aromatic rings. The summed E-state index contributed by atoms with van der Waals surface area (Å²) in [5, 5.41) is 1.61. The maximum absolute atomic E-state index is 12.3. The van der Waals surface area contributed by atoms with Gasteiger partial charge in [-0.3, -0.25) is 0 Å². The van der Waals surface area contributed by atoms with E-state index in [4.69, 9.17) is 25.5 Å². The van der Waals surface area contributed by atoms with E-state index in [9.17, 15) is 4.79 Å². The second kappa shape index (κ2) is 6.45. The van der Waals surface area contributed by atoms with Crippen molar-refractivity contribution in [3.05, 3.63) is 62.0 Å². The summed E-state index contributed by atoms with van der Waals surface area (Å²) in [6.45, 7) is 3.06. The quantitative estimate of drug-likeness (QED) is 0.591. The van der Waals surface area contributed by atoms with E-state index in [0.717, 1.165) is 58.3 Å². The molecule has 1 aromatic heterocycles. The number of ether oxygens (including phenoxy) is 2. The smallest absolute Gasteiger partial charge is 0.339 e. The van der Waals surface area contributed by atoms with Gasteiger partial charge in [-0.25, -0.2) is 4.79 Å².